The molecule has 1 aliphatic heterocycles. The van der Waals surface area contributed by atoms with Crippen LogP contribution in [0.15, 0.2) is 47.0 Å². The Bertz CT molecular complexity index is 897. The maximum Gasteiger partial charge on any atom is 0.257 e. The maximum atomic E-state index is 12.7. The maximum absolute atomic E-state index is 12.7. The van der Waals surface area contributed by atoms with Crippen molar-refractivity contribution in [3.05, 3.63) is 59.7 Å². The second kappa shape index (κ2) is 6.20. The number of amides is 1. The minimum Gasteiger partial charge on any atom is -0.466 e. The minimum absolute atomic E-state index is 0.0280. The fourth-order valence-electron chi connectivity index (χ4n) is 3.35. The molecule has 3 heterocycles. The molecule has 0 spiro atoms. The van der Waals surface area contributed by atoms with Gasteiger partial charge in [-0.25, -0.2) is 4.68 Å². The first kappa shape index (κ1) is 15.6. The third-order valence-electron chi connectivity index (χ3n) is 4.68. The standard InChI is InChI=1S/C19H20N4O2/c1-13-10-17(14(2)25-13)19(24)22-9-8-16(11-22)23-12-18(20-21-23)15-6-4-3-5-7-15/h3-7,10,12,16H,8-9,11H2,1-2H3/t16-/m1/s1. The van der Waals surface area contributed by atoms with E-state index in [1.165, 1.54) is 0 Å². The highest BCUT2D eigenvalue weighted by Gasteiger charge is 2.30. The van der Waals surface area contributed by atoms with Gasteiger partial charge in [0, 0.05) is 18.7 Å². The smallest absolute Gasteiger partial charge is 0.257 e. The number of hydrogen-bond donors (Lipinski definition) is 0. The van der Waals surface area contributed by atoms with E-state index in [-0.39, 0.29) is 11.9 Å². The van der Waals surface area contributed by atoms with Crippen LogP contribution in [0, 0.1) is 13.8 Å². The SMILES string of the molecule is Cc1cc(C(=O)N2CC[C@@H](n3cc(-c4ccccc4)nn3)C2)c(C)o1. The first-order valence-corrected chi connectivity index (χ1v) is 8.45. The molecule has 3 aromatic rings. The number of carbonyl (C=O) groups excluding carboxylic acids is 1. The number of furan rings is 1. The fraction of sp³-hybridized carbons (Fsp3) is 0.316. The summed E-state index contributed by atoms with van der Waals surface area (Å²) in [5.74, 6) is 1.47. The van der Waals surface area contributed by atoms with Crippen molar-refractivity contribution in [2.45, 2.75) is 26.3 Å². The molecular formula is C19H20N4O2. The number of benzene rings is 1. The molecule has 0 bridgehead atoms. The Morgan fingerprint density at radius 3 is 2.76 bits per heavy atom. The molecule has 1 fully saturated rings. The van der Waals surface area contributed by atoms with Crippen LogP contribution in [0.1, 0.15) is 34.3 Å². The number of carbonyl (C=O) groups is 1. The molecule has 128 valence electrons. The molecule has 25 heavy (non-hydrogen) atoms. The number of aromatic nitrogens is 3. The summed E-state index contributed by atoms with van der Waals surface area (Å²) in [6.45, 7) is 5.04. The van der Waals surface area contributed by atoms with Gasteiger partial charge in [0.2, 0.25) is 0 Å². The average molecular weight is 336 g/mol. The summed E-state index contributed by atoms with van der Waals surface area (Å²) in [6, 6.07) is 12.0. The molecule has 1 atom stereocenters. The van der Waals surface area contributed by atoms with Crippen LogP contribution in [-0.4, -0.2) is 38.9 Å². The van der Waals surface area contributed by atoms with Gasteiger partial charge in [0.15, 0.2) is 0 Å². The predicted molar refractivity (Wildman–Crippen MR) is 93.2 cm³/mol. The molecule has 0 radical (unpaired) electrons. The van der Waals surface area contributed by atoms with Crippen LogP contribution in [0.25, 0.3) is 11.3 Å². The second-order valence-electron chi connectivity index (χ2n) is 6.47. The number of nitrogens with zero attached hydrogens (tertiary/aromatic N) is 4. The lowest BCUT2D eigenvalue weighted by Crippen LogP contribution is -2.29. The van der Waals surface area contributed by atoms with E-state index < -0.39 is 0 Å². The summed E-state index contributed by atoms with van der Waals surface area (Å²) < 4.78 is 7.36. The van der Waals surface area contributed by atoms with E-state index >= 15 is 0 Å². The van der Waals surface area contributed by atoms with Gasteiger partial charge in [-0.15, -0.1) is 5.10 Å². The summed E-state index contributed by atoms with van der Waals surface area (Å²) >= 11 is 0. The van der Waals surface area contributed by atoms with E-state index in [1.54, 1.807) is 0 Å². The van der Waals surface area contributed by atoms with Crippen molar-refractivity contribution in [2.24, 2.45) is 0 Å². The third-order valence-corrected chi connectivity index (χ3v) is 4.68. The highest BCUT2D eigenvalue weighted by molar-refractivity contribution is 5.95. The zero-order chi connectivity index (χ0) is 17.4. The Kier molecular flexibility index (Phi) is 3.87. The van der Waals surface area contributed by atoms with Gasteiger partial charge in [-0.3, -0.25) is 4.79 Å². The highest BCUT2D eigenvalue weighted by Crippen LogP contribution is 2.26. The Morgan fingerprint density at radius 2 is 2.04 bits per heavy atom. The molecule has 1 aromatic carbocycles. The van der Waals surface area contributed by atoms with Crippen LogP contribution in [0.5, 0.6) is 0 Å². The van der Waals surface area contributed by atoms with Crippen molar-refractivity contribution in [3.63, 3.8) is 0 Å². The van der Waals surface area contributed by atoms with Crippen LogP contribution >= 0.6 is 0 Å². The number of hydrogen-bond acceptors (Lipinski definition) is 4. The van der Waals surface area contributed by atoms with E-state index in [2.05, 4.69) is 10.3 Å². The Labute approximate surface area is 146 Å². The normalized spacial score (nSPS) is 17.2. The van der Waals surface area contributed by atoms with Gasteiger partial charge >= 0.3 is 0 Å². The average Bonchev–Trinajstić information content (AvgIpc) is 3.34. The Hall–Kier alpha value is -2.89. The molecule has 1 aliphatic rings. The zero-order valence-corrected chi connectivity index (χ0v) is 14.3. The largest absolute Gasteiger partial charge is 0.466 e. The van der Waals surface area contributed by atoms with E-state index in [0.29, 0.717) is 24.4 Å². The van der Waals surface area contributed by atoms with E-state index in [9.17, 15) is 4.79 Å². The molecular weight excluding hydrogens is 316 g/mol. The second-order valence-corrected chi connectivity index (χ2v) is 6.47. The van der Waals surface area contributed by atoms with Gasteiger partial charge in [-0.2, -0.15) is 0 Å². The zero-order valence-electron chi connectivity index (χ0n) is 14.3. The van der Waals surface area contributed by atoms with E-state index in [1.807, 2.05) is 66.0 Å². The van der Waals surface area contributed by atoms with Crippen LogP contribution < -0.4 is 0 Å². The van der Waals surface area contributed by atoms with Crippen molar-refractivity contribution in [1.82, 2.24) is 19.9 Å². The summed E-state index contributed by atoms with van der Waals surface area (Å²) in [6.07, 6.45) is 2.83. The van der Waals surface area contributed by atoms with E-state index in [0.717, 1.165) is 23.4 Å². The van der Waals surface area contributed by atoms with Crippen molar-refractivity contribution >= 4 is 5.91 Å². The lowest BCUT2D eigenvalue weighted by molar-refractivity contribution is 0.0785. The molecule has 6 nitrogen and oxygen atoms in total. The number of rotatable bonds is 3. The van der Waals surface area contributed by atoms with Gasteiger partial charge in [0.05, 0.1) is 17.8 Å². The third kappa shape index (κ3) is 2.95. The van der Waals surface area contributed by atoms with Gasteiger partial charge in [-0.05, 0) is 26.3 Å². The summed E-state index contributed by atoms with van der Waals surface area (Å²) in [7, 11) is 0. The van der Waals surface area contributed by atoms with Crippen LogP contribution in [0.2, 0.25) is 0 Å². The van der Waals surface area contributed by atoms with Gasteiger partial charge in [0.25, 0.3) is 5.91 Å². The number of aryl methyl sites for hydroxylation is 2. The molecule has 1 amide bonds. The van der Waals surface area contributed by atoms with Crippen molar-refractivity contribution in [1.29, 1.82) is 0 Å². The van der Waals surface area contributed by atoms with Crippen molar-refractivity contribution < 1.29 is 9.21 Å². The summed E-state index contributed by atoms with van der Waals surface area (Å²) in [4.78, 5) is 14.6. The lowest BCUT2D eigenvalue weighted by Gasteiger charge is -2.16. The first-order valence-electron chi connectivity index (χ1n) is 8.45. The molecule has 4 rings (SSSR count). The monoisotopic (exact) mass is 336 g/mol. The predicted octanol–water partition coefficient (Wildman–Crippen LogP) is 3.24. The van der Waals surface area contributed by atoms with Gasteiger partial charge < -0.3 is 9.32 Å². The summed E-state index contributed by atoms with van der Waals surface area (Å²) in [5.41, 5.74) is 2.55. The Balaban J connectivity index is 1.49. The number of likely N-dealkylation sites (tertiary alicyclic amines) is 1. The van der Waals surface area contributed by atoms with Crippen LogP contribution in [0.4, 0.5) is 0 Å². The topological polar surface area (TPSA) is 64.2 Å². The lowest BCUT2D eigenvalue weighted by atomic mass is 10.2. The highest BCUT2D eigenvalue weighted by atomic mass is 16.3. The molecule has 1 saturated heterocycles. The minimum atomic E-state index is 0.0280. The van der Waals surface area contributed by atoms with E-state index in [4.69, 9.17) is 4.42 Å². The molecule has 0 saturated carbocycles. The quantitative estimate of drug-likeness (QED) is 0.736. The molecule has 6 heteroatoms. The molecule has 0 aliphatic carbocycles. The van der Waals surface area contributed by atoms with Crippen molar-refractivity contribution in [2.75, 3.05) is 13.1 Å². The molecule has 2 aromatic heterocycles. The molecule has 0 unspecified atom stereocenters. The van der Waals surface area contributed by atoms with Crippen LogP contribution in [-0.2, 0) is 0 Å². The first-order chi connectivity index (χ1) is 12.1. The fourth-order valence-corrected chi connectivity index (χ4v) is 3.35. The summed E-state index contributed by atoms with van der Waals surface area (Å²) in [5, 5.41) is 8.54. The van der Waals surface area contributed by atoms with Gasteiger partial charge in [0.1, 0.15) is 17.2 Å². The van der Waals surface area contributed by atoms with Crippen LogP contribution in [0.3, 0.4) is 0 Å². The van der Waals surface area contributed by atoms with Crippen molar-refractivity contribution in [3.8, 4) is 11.3 Å². The van der Waals surface area contributed by atoms with Gasteiger partial charge in [-0.1, -0.05) is 35.5 Å². The molecule has 0 N–H and O–H groups in total. The Morgan fingerprint density at radius 1 is 1.24 bits per heavy atom.